The highest BCUT2D eigenvalue weighted by molar-refractivity contribution is 7.99. The van der Waals surface area contributed by atoms with Gasteiger partial charge in [0.05, 0.1) is 18.4 Å². The summed E-state index contributed by atoms with van der Waals surface area (Å²) in [7, 11) is 1.64. The van der Waals surface area contributed by atoms with Crippen molar-refractivity contribution in [2.75, 3.05) is 17.8 Å². The number of carbonyl (C=O) groups is 1. The third-order valence-corrected chi connectivity index (χ3v) is 6.90. The van der Waals surface area contributed by atoms with Gasteiger partial charge in [0.1, 0.15) is 5.75 Å². The molecule has 0 N–H and O–H groups in total. The van der Waals surface area contributed by atoms with Crippen molar-refractivity contribution in [3.8, 4) is 17.1 Å². The second-order valence-corrected chi connectivity index (χ2v) is 9.03. The van der Waals surface area contributed by atoms with E-state index in [-0.39, 0.29) is 11.9 Å². The summed E-state index contributed by atoms with van der Waals surface area (Å²) in [6, 6.07) is 18.0. The van der Waals surface area contributed by atoms with Crippen LogP contribution in [0.2, 0.25) is 0 Å². The number of aromatic nitrogens is 3. The maximum Gasteiger partial charge on any atom is 0.237 e. The van der Waals surface area contributed by atoms with E-state index in [0.29, 0.717) is 23.3 Å². The lowest BCUT2D eigenvalue weighted by Crippen LogP contribution is -2.42. The Hall–Kier alpha value is -3.06. The minimum Gasteiger partial charge on any atom is -0.496 e. The van der Waals surface area contributed by atoms with Gasteiger partial charge in [-0.25, -0.2) is 0 Å². The fraction of sp³-hybridized carbons (Fsp3) is 0.346. The average molecular weight is 463 g/mol. The van der Waals surface area contributed by atoms with Crippen molar-refractivity contribution in [1.29, 1.82) is 0 Å². The van der Waals surface area contributed by atoms with Gasteiger partial charge in [0.15, 0.2) is 11.0 Å². The molecule has 33 heavy (non-hydrogen) atoms. The number of hydrogen-bond donors (Lipinski definition) is 0. The molecule has 1 saturated carbocycles. The van der Waals surface area contributed by atoms with Crippen molar-refractivity contribution in [3.63, 3.8) is 0 Å². The molecule has 0 spiro atoms. The van der Waals surface area contributed by atoms with Gasteiger partial charge in [0.2, 0.25) is 5.91 Å². The number of methoxy groups -OCH3 is 1. The SMILES string of the molecule is C=CCn1c(SCC(=O)N(c2ccccc2)C2CCCCC2)nnc1-c1ccccc1OC. The molecule has 4 rings (SSSR count). The Morgan fingerprint density at radius 3 is 2.58 bits per heavy atom. The second-order valence-electron chi connectivity index (χ2n) is 8.09. The van der Waals surface area contributed by atoms with Crippen molar-refractivity contribution >= 4 is 23.4 Å². The van der Waals surface area contributed by atoms with Gasteiger partial charge in [-0.2, -0.15) is 0 Å². The monoisotopic (exact) mass is 462 g/mol. The first-order chi connectivity index (χ1) is 16.2. The predicted octanol–water partition coefficient (Wildman–Crippen LogP) is 5.60. The van der Waals surface area contributed by atoms with Crippen LogP contribution in [0.5, 0.6) is 5.75 Å². The molecule has 0 bridgehead atoms. The van der Waals surface area contributed by atoms with E-state index in [0.717, 1.165) is 29.8 Å². The van der Waals surface area contributed by atoms with Gasteiger partial charge in [0.25, 0.3) is 0 Å². The highest BCUT2D eigenvalue weighted by Gasteiger charge is 2.27. The number of allylic oxidation sites excluding steroid dienone is 1. The smallest absolute Gasteiger partial charge is 0.237 e. The lowest BCUT2D eigenvalue weighted by molar-refractivity contribution is -0.116. The average Bonchev–Trinajstić information content (AvgIpc) is 3.26. The Labute approximate surface area is 199 Å². The number of amides is 1. The number of para-hydroxylation sites is 2. The van der Waals surface area contributed by atoms with Crippen LogP contribution in [0.1, 0.15) is 32.1 Å². The molecular weight excluding hydrogens is 432 g/mol. The van der Waals surface area contributed by atoms with Crippen molar-refractivity contribution in [1.82, 2.24) is 14.8 Å². The van der Waals surface area contributed by atoms with Crippen LogP contribution in [0.15, 0.2) is 72.4 Å². The zero-order valence-electron chi connectivity index (χ0n) is 19.0. The van der Waals surface area contributed by atoms with E-state index in [2.05, 4.69) is 16.8 Å². The molecule has 7 heteroatoms. The molecule has 1 fully saturated rings. The first kappa shape index (κ1) is 23.1. The van der Waals surface area contributed by atoms with Gasteiger partial charge < -0.3 is 9.64 Å². The molecule has 2 aromatic carbocycles. The summed E-state index contributed by atoms with van der Waals surface area (Å²) in [5, 5.41) is 9.52. The van der Waals surface area contributed by atoms with Crippen LogP contribution in [-0.2, 0) is 11.3 Å². The van der Waals surface area contributed by atoms with Crippen LogP contribution in [0.3, 0.4) is 0 Å². The van der Waals surface area contributed by atoms with Gasteiger partial charge in [-0.05, 0) is 37.1 Å². The molecule has 1 aliphatic rings. The maximum absolute atomic E-state index is 13.5. The lowest BCUT2D eigenvalue weighted by atomic mass is 9.93. The van der Waals surface area contributed by atoms with E-state index in [9.17, 15) is 4.79 Å². The van der Waals surface area contributed by atoms with Crippen LogP contribution in [0.4, 0.5) is 5.69 Å². The summed E-state index contributed by atoms with van der Waals surface area (Å²) < 4.78 is 7.50. The summed E-state index contributed by atoms with van der Waals surface area (Å²) in [5.74, 6) is 1.84. The van der Waals surface area contributed by atoms with Gasteiger partial charge in [0, 0.05) is 18.3 Å². The summed E-state index contributed by atoms with van der Waals surface area (Å²) >= 11 is 1.42. The van der Waals surface area contributed by atoms with Crippen molar-refractivity contribution in [3.05, 3.63) is 67.3 Å². The summed E-state index contributed by atoms with van der Waals surface area (Å²) in [6.45, 7) is 4.43. The van der Waals surface area contributed by atoms with Crippen LogP contribution in [0.25, 0.3) is 11.4 Å². The molecule has 0 unspecified atom stereocenters. The predicted molar refractivity (Wildman–Crippen MR) is 134 cm³/mol. The second kappa shape index (κ2) is 11.2. The quantitative estimate of drug-likeness (QED) is 0.306. The van der Waals surface area contributed by atoms with Gasteiger partial charge in [-0.15, -0.1) is 16.8 Å². The summed E-state index contributed by atoms with van der Waals surface area (Å²) in [5.41, 5.74) is 1.83. The number of ether oxygens (including phenoxy) is 1. The third-order valence-electron chi connectivity index (χ3n) is 5.94. The number of hydrogen-bond acceptors (Lipinski definition) is 5. The molecule has 0 aliphatic heterocycles. The van der Waals surface area contributed by atoms with E-state index < -0.39 is 0 Å². The van der Waals surface area contributed by atoms with Crippen molar-refractivity contribution in [2.45, 2.75) is 49.8 Å². The summed E-state index contributed by atoms with van der Waals surface area (Å²) in [4.78, 5) is 15.5. The number of carbonyl (C=O) groups excluding carboxylic acids is 1. The normalized spacial score (nSPS) is 14.1. The molecule has 0 atom stereocenters. The van der Waals surface area contributed by atoms with Gasteiger partial charge in [-0.1, -0.05) is 67.4 Å². The van der Waals surface area contributed by atoms with E-state index in [4.69, 9.17) is 4.74 Å². The van der Waals surface area contributed by atoms with E-state index in [1.54, 1.807) is 7.11 Å². The van der Waals surface area contributed by atoms with Crippen LogP contribution in [0, 0.1) is 0 Å². The van der Waals surface area contributed by atoms with Gasteiger partial charge in [-0.3, -0.25) is 9.36 Å². The Balaban J connectivity index is 1.56. The number of rotatable bonds is 9. The maximum atomic E-state index is 13.5. The Bertz CT molecular complexity index is 1080. The first-order valence-corrected chi connectivity index (χ1v) is 12.4. The molecule has 0 saturated heterocycles. The minimum atomic E-state index is 0.102. The van der Waals surface area contributed by atoms with Crippen molar-refractivity contribution < 1.29 is 9.53 Å². The Kier molecular flexibility index (Phi) is 7.83. The Morgan fingerprint density at radius 1 is 1.12 bits per heavy atom. The fourth-order valence-corrected chi connectivity index (χ4v) is 5.21. The van der Waals surface area contributed by atoms with Crippen LogP contribution >= 0.6 is 11.8 Å². The molecular formula is C26H30N4O2S. The molecule has 6 nitrogen and oxygen atoms in total. The molecule has 1 aromatic heterocycles. The van der Waals surface area contributed by atoms with E-state index in [1.165, 1.54) is 31.0 Å². The molecule has 1 aliphatic carbocycles. The third kappa shape index (κ3) is 5.30. The number of nitrogens with zero attached hydrogens (tertiary/aromatic N) is 4. The molecule has 1 heterocycles. The summed E-state index contributed by atoms with van der Waals surface area (Å²) in [6.07, 6.45) is 7.51. The zero-order valence-corrected chi connectivity index (χ0v) is 19.8. The standard InChI is InChI=1S/C26H30N4O2S/c1-3-18-29-25(22-16-10-11-17-23(22)32-2)27-28-26(29)33-19-24(31)30(20-12-6-4-7-13-20)21-14-8-5-9-15-21/h3-4,6-7,10-13,16-17,21H,1,5,8-9,14-15,18-19H2,2H3. The molecule has 0 radical (unpaired) electrons. The largest absolute Gasteiger partial charge is 0.496 e. The van der Waals surface area contributed by atoms with Crippen molar-refractivity contribution in [2.24, 2.45) is 0 Å². The Morgan fingerprint density at radius 2 is 1.85 bits per heavy atom. The van der Waals surface area contributed by atoms with Crippen LogP contribution < -0.4 is 9.64 Å². The highest BCUT2D eigenvalue weighted by Crippen LogP contribution is 2.32. The number of thioether (sulfide) groups is 1. The topological polar surface area (TPSA) is 60.2 Å². The first-order valence-electron chi connectivity index (χ1n) is 11.4. The molecule has 3 aromatic rings. The number of benzene rings is 2. The molecule has 1 amide bonds. The van der Waals surface area contributed by atoms with Crippen LogP contribution in [-0.4, -0.2) is 39.6 Å². The van der Waals surface area contributed by atoms with Gasteiger partial charge >= 0.3 is 0 Å². The minimum absolute atomic E-state index is 0.102. The van der Waals surface area contributed by atoms with E-state index in [1.807, 2.05) is 70.1 Å². The highest BCUT2D eigenvalue weighted by atomic mass is 32.2. The number of anilines is 1. The van der Waals surface area contributed by atoms with E-state index >= 15 is 0 Å². The zero-order chi connectivity index (χ0) is 23.0. The lowest BCUT2D eigenvalue weighted by Gasteiger charge is -2.34. The fourth-order valence-electron chi connectivity index (χ4n) is 4.40. The molecule has 172 valence electrons.